The minimum atomic E-state index is 0.502. The molecule has 0 bridgehead atoms. The molecule has 5 nitrogen and oxygen atoms in total. The van der Waals surface area contributed by atoms with Crippen LogP contribution in [0.4, 0.5) is 0 Å². The van der Waals surface area contributed by atoms with Crippen molar-refractivity contribution < 1.29 is 9.94 Å². The van der Waals surface area contributed by atoms with Gasteiger partial charge in [-0.25, -0.2) is 0 Å². The lowest BCUT2D eigenvalue weighted by Gasteiger charge is -2.05. The Hall–Kier alpha value is -2.04. The maximum absolute atomic E-state index is 9.31. The second-order valence-electron chi connectivity index (χ2n) is 2.71. The lowest BCUT2D eigenvalue weighted by Crippen LogP contribution is -1.97. The number of ether oxygens (including phenoxy) is 1. The summed E-state index contributed by atoms with van der Waals surface area (Å²) < 4.78 is 5.14. The number of hydrogen-bond acceptors (Lipinski definition) is 4. The molecule has 0 atom stereocenters. The van der Waals surface area contributed by atoms with Gasteiger partial charge in [-0.3, -0.25) is 0 Å². The molecule has 0 aliphatic carbocycles. The first-order chi connectivity index (χ1) is 6.83. The molecule has 0 saturated carbocycles. The number of methoxy groups -OCH3 is 1. The predicted molar refractivity (Wildman–Crippen MR) is 49.2 cm³/mol. The molecule has 0 radical (unpaired) electrons. The van der Waals surface area contributed by atoms with Crippen molar-refractivity contribution in [3.63, 3.8) is 0 Å². The standard InChI is InChI=1S/C9H9N3O2/c1-14-9-5-3-2-4-7(9)8-6-10-11-12(8)13/h2-6,13H,1H3. The largest absolute Gasteiger partial charge is 0.496 e. The van der Waals surface area contributed by atoms with Gasteiger partial charge in [0.25, 0.3) is 0 Å². The Morgan fingerprint density at radius 1 is 1.36 bits per heavy atom. The summed E-state index contributed by atoms with van der Waals surface area (Å²) in [5.74, 6) is 0.671. The average Bonchev–Trinajstić information content (AvgIpc) is 2.64. The molecule has 1 heterocycles. The molecule has 1 aromatic carbocycles. The third-order valence-electron chi connectivity index (χ3n) is 1.91. The molecule has 0 amide bonds. The summed E-state index contributed by atoms with van der Waals surface area (Å²) >= 11 is 0. The summed E-state index contributed by atoms with van der Waals surface area (Å²) in [7, 11) is 1.57. The van der Waals surface area contributed by atoms with Crippen molar-refractivity contribution in [2.75, 3.05) is 7.11 Å². The van der Waals surface area contributed by atoms with E-state index in [1.807, 2.05) is 24.3 Å². The Morgan fingerprint density at radius 3 is 2.79 bits per heavy atom. The van der Waals surface area contributed by atoms with E-state index < -0.39 is 0 Å². The van der Waals surface area contributed by atoms with Gasteiger partial charge in [0.05, 0.1) is 13.3 Å². The zero-order valence-electron chi connectivity index (χ0n) is 7.58. The lowest BCUT2D eigenvalue weighted by molar-refractivity contribution is 0.147. The highest BCUT2D eigenvalue weighted by atomic mass is 16.5. The summed E-state index contributed by atoms with van der Waals surface area (Å²) in [5, 5.41) is 16.3. The third-order valence-corrected chi connectivity index (χ3v) is 1.91. The lowest BCUT2D eigenvalue weighted by atomic mass is 10.1. The van der Waals surface area contributed by atoms with Gasteiger partial charge in [-0.2, -0.15) is 0 Å². The molecule has 1 aromatic heterocycles. The van der Waals surface area contributed by atoms with Crippen LogP contribution in [0, 0.1) is 0 Å². The molecular formula is C9H9N3O2. The van der Waals surface area contributed by atoms with E-state index in [9.17, 15) is 5.21 Å². The van der Waals surface area contributed by atoms with E-state index >= 15 is 0 Å². The monoisotopic (exact) mass is 191 g/mol. The molecule has 0 fully saturated rings. The Balaban J connectivity index is 2.56. The van der Waals surface area contributed by atoms with E-state index in [0.717, 1.165) is 10.4 Å². The summed E-state index contributed by atoms with van der Waals surface area (Å²) in [6.45, 7) is 0. The van der Waals surface area contributed by atoms with E-state index in [1.165, 1.54) is 6.20 Å². The molecule has 72 valence electrons. The zero-order chi connectivity index (χ0) is 9.97. The van der Waals surface area contributed by atoms with Gasteiger partial charge in [0, 0.05) is 5.56 Å². The van der Waals surface area contributed by atoms with E-state index in [2.05, 4.69) is 10.3 Å². The Labute approximate surface area is 80.5 Å². The fourth-order valence-corrected chi connectivity index (χ4v) is 1.26. The molecule has 0 aliphatic heterocycles. The van der Waals surface area contributed by atoms with Crippen LogP contribution in [0.15, 0.2) is 30.5 Å². The number of nitrogens with zero attached hydrogens (tertiary/aromatic N) is 3. The summed E-state index contributed by atoms with van der Waals surface area (Å²) in [6.07, 6.45) is 1.47. The van der Waals surface area contributed by atoms with Crippen LogP contribution >= 0.6 is 0 Å². The van der Waals surface area contributed by atoms with Crippen LogP contribution in [-0.2, 0) is 0 Å². The zero-order valence-corrected chi connectivity index (χ0v) is 7.58. The van der Waals surface area contributed by atoms with Gasteiger partial charge in [0.2, 0.25) is 0 Å². The highest BCUT2D eigenvalue weighted by Gasteiger charge is 2.10. The number of benzene rings is 1. The van der Waals surface area contributed by atoms with Gasteiger partial charge < -0.3 is 9.94 Å². The van der Waals surface area contributed by atoms with Crippen molar-refractivity contribution in [1.82, 2.24) is 15.2 Å². The Morgan fingerprint density at radius 2 is 2.14 bits per heavy atom. The van der Waals surface area contributed by atoms with E-state index in [4.69, 9.17) is 4.74 Å². The highest BCUT2D eigenvalue weighted by Crippen LogP contribution is 2.27. The minimum Gasteiger partial charge on any atom is -0.496 e. The van der Waals surface area contributed by atoms with Crippen LogP contribution in [-0.4, -0.2) is 27.5 Å². The normalized spacial score (nSPS) is 10.1. The number of para-hydroxylation sites is 1. The molecule has 0 aliphatic rings. The molecule has 5 heteroatoms. The predicted octanol–water partition coefficient (Wildman–Crippen LogP) is 1.19. The van der Waals surface area contributed by atoms with Crippen LogP contribution < -0.4 is 4.74 Å². The number of aromatic nitrogens is 3. The SMILES string of the molecule is COc1ccccc1-c1cnnn1O. The summed E-state index contributed by atoms with van der Waals surface area (Å²) in [6, 6.07) is 7.34. The average molecular weight is 191 g/mol. The second-order valence-corrected chi connectivity index (χ2v) is 2.71. The van der Waals surface area contributed by atoms with Gasteiger partial charge in [-0.15, -0.1) is 5.10 Å². The first-order valence-electron chi connectivity index (χ1n) is 4.06. The maximum atomic E-state index is 9.31. The molecule has 0 unspecified atom stereocenters. The van der Waals surface area contributed by atoms with Gasteiger partial charge in [-0.05, 0) is 17.3 Å². The molecule has 2 rings (SSSR count). The Kier molecular flexibility index (Phi) is 2.06. The number of hydrogen-bond donors (Lipinski definition) is 1. The first-order valence-corrected chi connectivity index (χ1v) is 4.06. The van der Waals surface area contributed by atoms with Gasteiger partial charge >= 0.3 is 0 Å². The van der Waals surface area contributed by atoms with Crippen molar-refractivity contribution >= 4 is 0 Å². The van der Waals surface area contributed by atoms with E-state index in [1.54, 1.807) is 7.11 Å². The van der Waals surface area contributed by atoms with Crippen molar-refractivity contribution in [2.24, 2.45) is 0 Å². The Bertz CT molecular complexity index is 439. The summed E-state index contributed by atoms with van der Waals surface area (Å²) in [5.41, 5.74) is 1.25. The second kappa shape index (κ2) is 3.37. The van der Waals surface area contributed by atoms with Gasteiger partial charge in [0.1, 0.15) is 11.4 Å². The van der Waals surface area contributed by atoms with Crippen LogP contribution in [0.2, 0.25) is 0 Å². The van der Waals surface area contributed by atoms with Crippen LogP contribution in [0.5, 0.6) is 5.75 Å². The maximum Gasteiger partial charge on any atom is 0.134 e. The molecule has 0 spiro atoms. The molecule has 0 saturated heterocycles. The fraction of sp³-hybridized carbons (Fsp3) is 0.111. The molecule has 2 aromatic rings. The van der Waals surface area contributed by atoms with E-state index in [0.29, 0.717) is 11.4 Å². The quantitative estimate of drug-likeness (QED) is 0.724. The van der Waals surface area contributed by atoms with Crippen molar-refractivity contribution in [3.8, 4) is 17.0 Å². The van der Waals surface area contributed by atoms with Crippen molar-refractivity contribution in [3.05, 3.63) is 30.5 Å². The smallest absolute Gasteiger partial charge is 0.134 e. The van der Waals surface area contributed by atoms with Crippen LogP contribution in [0.3, 0.4) is 0 Å². The van der Waals surface area contributed by atoms with Gasteiger partial charge in [0.15, 0.2) is 0 Å². The first kappa shape index (κ1) is 8.55. The molecule has 14 heavy (non-hydrogen) atoms. The summed E-state index contributed by atoms with van der Waals surface area (Å²) in [4.78, 5) is 0.720. The van der Waals surface area contributed by atoms with Crippen molar-refractivity contribution in [2.45, 2.75) is 0 Å². The fourth-order valence-electron chi connectivity index (χ4n) is 1.26. The van der Waals surface area contributed by atoms with Gasteiger partial charge in [-0.1, -0.05) is 17.0 Å². The van der Waals surface area contributed by atoms with Crippen molar-refractivity contribution in [1.29, 1.82) is 0 Å². The topological polar surface area (TPSA) is 60.2 Å². The van der Waals surface area contributed by atoms with E-state index in [-0.39, 0.29) is 0 Å². The molecule has 1 N–H and O–H groups in total. The number of rotatable bonds is 2. The minimum absolute atomic E-state index is 0.502. The third kappa shape index (κ3) is 1.28. The molecular weight excluding hydrogens is 182 g/mol. The highest BCUT2D eigenvalue weighted by molar-refractivity contribution is 5.66. The van der Waals surface area contributed by atoms with Crippen LogP contribution in [0.25, 0.3) is 11.3 Å². The van der Waals surface area contributed by atoms with Crippen LogP contribution in [0.1, 0.15) is 0 Å².